The number of benzene rings is 1. The number of aryl methyl sites for hydroxylation is 2. The molecular weight excluding hydrogens is 227 g/mol. The Morgan fingerprint density at radius 3 is 1.94 bits per heavy atom. The minimum atomic E-state index is -4.33. The van der Waals surface area contributed by atoms with Crippen molar-refractivity contribution in [3.8, 4) is 5.69 Å². The van der Waals surface area contributed by atoms with Crippen LogP contribution in [0.1, 0.15) is 17.0 Å². The molecule has 0 radical (unpaired) electrons. The van der Waals surface area contributed by atoms with Gasteiger partial charge in [-0.15, -0.1) is 0 Å². The number of para-hydroxylation sites is 1. The Balaban J connectivity index is 2.69. The van der Waals surface area contributed by atoms with E-state index in [1.807, 2.05) is 12.1 Å². The Kier molecular flexibility index (Phi) is 2.73. The summed E-state index contributed by atoms with van der Waals surface area (Å²) in [6.07, 6.45) is -4.33. The van der Waals surface area contributed by atoms with E-state index in [-0.39, 0.29) is 5.69 Å². The SMILES string of the molecule is Cc1ccc(C)n1-c1ccccc1C(F)(F)F. The molecule has 0 saturated heterocycles. The zero-order valence-corrected chi connectivity index (χ0v) is 9.55. The molecule has 0 N–H and O–H groups in total. The first-order valence-corrected chi connectivity index (χ1v) is 5.23. The molecule has 1 aromatic heterocycles. The largest absolute Gasteiger partial charge is 0.418 e. The van der Waals surface area contributed by atoms with E-state index >= 15 is 0 Å². The van der Waals surface area contributed by atoms with E-state index in [9.17, 15) is 13.2 Å². The lowest BCUT2D eigenvalue weighted by Crippen LogP contribution is -2.11. The molecule has 17 heavy (non-hydrogen) atoms. The molecule has 1 heterocycles. The van der Waals surface area contributed by atoms with E-state index < -0.39 is 11.7 Å². The van der Waals surface area contributed by atoms with Crippen molar-refractivity contribution in [3.05, 3.63) is 53.3 Å². The normalized spacial score (nSPS) is 11.8. The molecule has 0 atom stereocenters. The molecule has 0 unspecified atom stereocenters. The van der Waals surface area contributed by atoms with Crippen LogP contribution in [0.4, 0.5) is 13.2 Å². The van der Waals surface area contributed by atoms with E-state index in [0.29, 0.717) is 0 Å². The Hall–Kier alpha value is -1.71. The van der Waals surface area contributed by atoms with Gasteiger partial charge in [0.25, 0.3) is 0 Å². The predicted octanol–water partition coefficient (Wildman–Crippen LogP) is 4.11. The molecule has 0 aliphatic rings. The first kappa shape index (κ1) is 11.8. The van der Waals surface area contributed by atoms with Crippen LogP contribution >= 0.6 is 0 Å². The zero-order valence-electron chi connectivity index (χ0n) is 9.55. The highest BCUT2D eigenvalue weighted by Crippen LogP contribution is 2.34. The van der Waals surface area contributed by atoms with Crippen LogP contribution in [0.5, 0.6) is 0 Å². The van der Waals surface area contributed by atoms with Gasteiger partial charge in [0.1, 0.15) is 0 Å². The summed E-state index contributed by atoms with van der Waals surface area (Å²) in [5.74, 6) is 0. The van der Waals surface area contributed by atoms with E-state index in [4.69, 9.17) is 0 Å². The molecule has 1 nitrogen and oxygen atoms in total. The summed E-state index contributed by atoms with van der Waals surface area (Å²) in [6.45, 7) is 3.58. The molecule has 90 valence electrons. The number of rotatable bonds is 1. The van der Waals surface area contributed by atoms with Crippen molar-refractivity contribution < 1.29 is 13.2 Å². The first-order valence-electron chi connectivity index (χ1n) is 5.23. The lowest BCUT2D eigenvalue weighted by atomic mass is 10.1. The minimum absolute atomic E-state index is 0.181. The zero-order chi connectivity index (χ0) is 12.6. The minimum Gasteiger partial charge on any atom is -0.318 e. The maximum atomic E-state index is 12.9. The van der Waals surface area contributed by atoms with Gasteiger partial charge >= 0.3 is 6.18 Å². The summed E-state index contributed by atoms with van der Waals surface area (Å²) in [5.41, 5.74) is 1.15. The summed E-state index contributed by atoms with van der Waals surface area (Å²) in [5, 5.41) is 0. The fraction of sp³-hybridized carbons (Fsp3) is 0.231. The highest BCUT2D eigenvalue weighted by molar-refractivity contribution is 5.46. The second-order valence-corrected chi connectivity index (χ2v) is 3.97. The molecule has 0 aliphatic carbocycles. The van der Waals surface area contributed by atoms with Crippen molar-refractivity contribution in [2.75, 3.05) is 0 Å². The fourth-order valence-electron chi connectivity index (χ4n) is 1.96. The molecule has 1 aromatic carbocycles. The molecule has 4 heteroatoms. The van der Waals surface area contributed by atoms with Gasteiger partial charge in [-0.1, -0.05) is 12.1 Å². The van der Waals surface area contributed by atoms with Crippen molar-refractivity contribution in [1.82, 2.24) is 4.57 Å². The molecule has 0 amide bonds. The van der Waals surface area contributed by atoms with Gasteiger partial charge in [0.05, 0.1) is 11.3 Å². The van der Waals surface area contributed by atoms with Crippen LogP contribution in [0, 0.1) is 13.8 Å². The lowest BCUT2D eigenvalue weighted by molar-refractivity contribution is -0.137. The molecule has 0 bridgehead atoms. The number of nitrogens with zero attached hydrogens (tertiary/aromatic N) is 1. The molecule has 2 aromatic rings. The number of alkyl halides is 3. The Morgan fingerprint density at radius 2 is 1.41 bits per heavy atom. The molecule has 2 rings (SSSR count). The summed E-state index contributed by atoms with van der Waals surface area (Å²) < 4.78 is 40.3. The second kappa shape index (κ2) is 3.95. The van der Waals surface area contributed by atoms with Crippen molar-refractivity contribution in [1.29, 1.82) is 0 Å². The molecule has 0 fully saturated rings. The Labute approximate surface area is 97.5 Å². The standard InChI is InChI=1S/C13H12F3N/c1-9-7-8-10(2)17(9)12-6-4-3-5-11(12)13(14,15)16/h3-8H,1-2H3. The highest BCUT2D eigenvalue weighted by atomic mass is 19.4. The van der Waals surface area contributed by atoms with E-state index in [1.54, 1.807) is 24.5 Å². The maximum absolute atomic E-state index is 12.9. The van der Waals surface area contributed by atoms with Gasteiger partial charge in [-0.05, 0) is 38.1 Å². The van der Waals surface area contributed by atoms with Crippen LogP contribution in [0.2, 0.25) is 0 Å². The molecule has 0 spiro atoms. The lowest BCUT2D eigenvalue weighted by Gasteiger charge is -2.16. The fourth-order valence-corrected chi connectivity index (χ4v) is 1.96. The van der Waals surface area contributed by atoms with Crippen molar-refractivity contribution >= 4 is 0 Å². The van der Waals surface area contributed by atoms with Gasteiger partial charge in [-0.3, -0.25) is 0 Å². The van der Waals surface area contributed by atoms with Gasteiger partial charge in [0, 0.05) is 11.4 Å². The smallest absolute Gasteiger partial charge is 0.318 e. The average Bonchev–Trinajstić information content (AvgIpc) is 2.57. The first-order chi connectivity index (χ1) is 7.91. The van der Waals surface area contributed by atoms with Gasteiger partial charge < -0.3 is 4.57 Å². The Bertz CT molecular complexity index is 518. The van der Waals surface area contributed by atoms with Crippen LogP contribution in [-0.4, -0.2) is 4.57 Å². The third-order valence-corrected chi connectivity index (χ3v) is 2.72. The summed E-state index contributed by atoms with van der Waals surface area (Å²) in [4.78, 5) is 0. The molecule has 0 aliphatic heterocycles. The summed E-state index contributed by atoms with van der Waals surface area (Å²) >= 11 is 0. The highest BCUT2D eigenvalue weighted by Gasteiger charge is 2.33. The number of hydrogen-bond acceptors (Lipinski definition) is 0. The number of aromatic nitrogens is 1. The van der Waals surface area contributed by atoms with Crippen LogP contribution in [-0.2, 0) is 6.18 Å². The third-order valence-electron chi connectivity index (χ3n) is 2.72. The third kappa shape index (κ3) is 2.07. The van der Waals surface area contributed by atoms with Gasteiger partial charge in [0.15, 0.2) is 0 Å². The maximum Gasteiger partial charge on any atom is 0.418 e. The van der Waals surface area contributed by atoms with Gasteiger partial charge in [0.2, 0.25) is 0 Å². The van der Waals surface area contributed by atoms with Gasteiger partial charge in [-0.25, -0.2) is 0 Å². The quantitative estimate of drug-likeness (QED) is 0.705. The van der Waals surface area contributed by atoms with Crippen LogP contribution in [0.15, 0.2) is 36.4 Å². The molecule has 0 saturated carbocycles. The Morgan fingerprint density at radius 1 is 0.882 bits per heavy atom. The van der Waals surface area contributed by atoms with Crippen molar-refractivity contribution in [3.63, 3.8) is 0 Å². The number of halogens is 3. The van der Waals surface area contributed by atoms with Crippen molar-refractivity contribution in [2.24, 2.45) is 0 Å². The summed E-state index contributed by atoms with van der Waals surface area (Å²) in [6, 6.07) is 9.23. The molecular formula is C13H12F3N. The van der Waals surface area contributed by atoms with Crippen LogP contribution in [0.25, 0.3) is 5.69 Å². The van der Waals surface area contributed by atoms with Crippen LogP contribution in [0.3, 0.4) is 0 Å². The van der Waals surface area contributed by atoms with E-state index in [1.165, 1.54) is 12.1 Å². The van der Waals surface area contributed by atoms with Crippen LogP contribution < -0.4 is 0 Å². The second-order valence-electron chi connectivity index (χ2n) is 3.97. The summed E-state index contributed by atoms with van der Waals surface area (Å²) in [7, 11) is 0. The predicted molar refractivity (Wildman–Crippen MR) is 60.2 cm³/mol. The van der Waals surface area contributed by atoms with E-state index in [2.05, 4.69) is 0 Å². The van der Waals surface area contributed by atoms with Crippen molar-refractivity contribution in [2.45, 2.75) is 20.0 Å². The monoisotopic (exact) mass is 239 g/mol. The number of hydrogen-bond donors (Lipinski definition) is 0. The average molecular weight is 239 g/mol. The van der Waals surface area contributed by atoms with E-state index in [0.717, 1.165) is 17.5 Å². The van der Waals surface area contributed by atoms with Gasteiger partial charge in [-0.2, -0.15) is 13.2 Å². The topological polar surface area (TPSA) is 4.93 Å².